The summed E-state index contributed by atoms with van der Waals surface area (Å²) in [6.45, 7) is 3.09. The van der Waals surface area contributed by atoms with Gasteiger partial charge in [-0.1, -0.05) is 11.6 Å². The predicted molar refractivity (Wildman–Crippen MR) is 50.9 cm³/mol. The Morgan fingerprint density at radius 1 is 1.69 bits per heavy atom. The van der Waals surface area contributed by atoms with Crippen LogP contribution in [0.25, 0.3) is 0 Å². The third kappa shape index (κ3) is 1.27. The number of imidazole rings is 1. The first-order chi connectivity index (χ1) is 6.23. The Kier molecular flexibility index (Phi) is 2.08. The number of aryl methyl sites for hydroxylation is 1. The van der Waals surface area contributed by atoms with Crippen molar-refractivity contribution >= 4 is 11.6 Å². The number of aliphatic hydroxyl groups is 1. The Balaban J connectivity index is 2.43. The maximum absolute atomic E-state index is 9.27. The van der Waals surface area contributed by atoms with Crippen LogP contribution in [0.5, 0.6) is 0 Å². The van der Waals surface area contributed by atoms with E-state index < -0.39 is 0 Å². The molecule has 0 aliphatic heterocycles. The lowest BCUT2D eigenvalue weighted by Gasteiger charge is -2.14. The van der Waals surface area contributed by atoms with Gasteiger partial charge in [0.2, 0.25) is 0 Å². The summed E-state index contributed by atoms with van der Waals surface area (Å²) in [5.41, 5.74) is 0.933. The van der Waals surface area contributed by atoms with Crippen molar-refractivity contribution in [2.45, 2.75) is 31.7 Å². The fourth-order valence-corrected chi connectivity index (χ4v) is 2.09. The fraction of sp³-hybridized carbons (Fsp3) is 0.667. The van der Waals surface area contributed by atoms with Gasteiger partial charge in [0.15, 0.2) is 5.15 Å². The zero-order valence-corrected chi connectivity index (χ0v) is 8.38. The van der Waals surface area contributed by atoms with Crippen LogP contribution in [0.4, 0.5) is 0 Å². The largest absolute Gasteiger partial charge is 0.395 e. The summed E-state index contributed by atoms with van der Waals surface area (Å²) < 4.78 is 2.02. The van der Waals surface area contributed by atoms with Gasteiger partial charge in [-0.15, -0.1) is 0 Å². The third-order valence-electron chi connectivity index (χ3n) is 2.79. The van der Waals surface area contributed by atoms with E-state index >= 15 is 0 Å². The van der Waals surface area contributed by atoms with Gasteiger partial charge in [-0.2, -0.15) is 0 Å². The molecular weight excluding hydrogens is 188 g/mol. The molecule has 0 amide bonds. The smallest absolute Gasteiger partial charge is 0.150 e. The normalized spacial score (nSPS) is 19.0. The molecule has 4 heteroatoms. The van der Waals surface area contributed by atoms with Crippen LogP contribution in [-0.2, 0) is 12.0 Å². The van der Waals surface area contributed by atoms with Crippen molar-refractivity contribution in [2.24, 2.45) is 0 Å². The highest BCUT2D eigenvalue weighted by atomic mass is 35.5. The maximum Gasteiger partial charge on any atom is 0.150 e. The second-order valence-electron chi connectivity index (χ2n) is 3.61. The Labute approximate surface area is 82.4 Å². The van der Waals surface area contributed by atoms with Crippen molar-refractivity contribution in [3.8, 4) is 0 Å². The molecule has 1 heterocycles. The molecule has 0 spiro atoms. The lowest BCUT2D eigenvalue weighted by atomic mass is 10.0. The van der Waals surface area contributed by atoms with E-state index in [9.17, 15) is 5.11 Å². The highest BCUT2D eigenvalue weighted by molar-refractivity contribution is 6.30. The van der Waals surface area contributed by atoms with E-state index in [4.69, 9.17) is 11.6 Å². The molecule has 1 aromatic rings. The lowest BCUT2D eigenvalue weighted by Crippen LogP contribution is -2.17. The Hall–Kier alpha value is -0.540. The standard InChI is InChI=1S/C9H13ClN2O/c1-2-12-6-11-8(10)7(12)9(5-13)3-4-9/h6,13H,2-5H2,1H3. The van der Waals surface area contributed by atoms with E-state index in [1.54, 1.807) is 6.33 Å². The Bertz CT molecular complexity index is 317. The topological polar surface area (TPSA) is 38.0 Å². The van der Waals surface area contributed by atoms with Crippen LogP contribution in [0.1, 0.15) is 25.5 Å². The summed E-state index contributed by atoms with van der Waals surface area (Å²) in [6.07, 6.45) is 3.79. The molecule has 0 bridgehead atoms. The predicted octanol–water partition coefficient (Wildman–Crippen LogP) is 1.58. The van der Waals surface area contributed by atoms with Crippen LogP contribution in [-0.4, -0.2) is 21.3 Å². The van der Waals surface area contributed by atoms with Gasteiger partial charge in [0, 0.05) is 12.0 Å². The van der Waals surface area contributed by atoms with Crippen LogP contribution in [0.2, 0.25) is 5.15 Å². The second-order valence-corrected chi connectivity index (χ2v) is 3.97. The van der Waals surface area contributed by atoms with Crippen molar-refractivity contribution < 1.29 is 5.11 Å². The van der Waals surface area contributed by atoms with Crippen molar-refractivity contribution in [1.82, 2.24) is 9.55 Å². The number of rotatable bonds is 3. The van der Waals surface area contributed by atoms with Gasteiger partial charge in [0.1, 0.15) is 0 Å². The number of aromatic nitrogens is 2. The molecule has 2 rings (SSSR count). The van der Waals surface area contributed by atoms with Gasteiger partial charge in [0.05, 0.1) is 18.6 Å². The molecule has 0 aromatic carbocycles. The molecular formula is C9H13ClN2O. The second kappa shape index (κ2) is 3.00. The SMILES string of the molecule is CCn1cnc(Cl)c1C1(CO)CC1. The molecule has 0 atom stereocenters. The van der Waals surface area contributed by atoms with Crippen LogP contribution in [0.3, 0.4) is 0 Å². The van der Waals surface area contributed by atoms with Crippen molar-refractivity contribution in [1.29, 1.82) is 0 Å². The van der Waals surface area contributed by atoms with Crippen LogP contribution in [0.15, 0.2) is 6.33 Å². The molecule has 13 heavy (non-hydrogen) atoms. The number of hydrogen-bond acceptors (Lipinski definition) is 2. The zero-order chi connectivity index (χ0) is 9.47. The summed E-state index contributed by atoms with van der Waals surface area (Å²) in [6, 6.07) is 0. The van der Waals surface area contributed by atoms with Crippen molar-refractivity contribution in [3.05, 3.63) is 17.2 Å². The molecule has 0 saturated heterocycles. The van der Waals surface area contributed by atoms with Gasteiger partial charge >= 0.3 is 0 Å². The Morgan fingerprint density at radius 2 is 2.38 bits per heavy atom. The van der Waals surface area contributed by atoms with Crippen molar-refractivity contribution in [3.63, 3.8) is 0 Å². The summed E-state index contributed by atoms with van der Waals surface area (Å²) in [4.78, 5) is 4.06. The monoisotopic (exact) mass is 200 g/mol. The fourth-order valence-electron chi connectivity index (χ4n) is 1.74. The van der Waals surface area contributed by atoms with E-state index in [-0.39, 0.29) is 12.0 Å². The molecule has 72 valence electrons. The first-order valence-electron chi connectivity index (χ1n) is 4.55. The molecule has 1 aliphatic rings. The molecule has 1 fully saturated rings. The number of nitrogens with zero attached hydrogens (tertiary/aromatic N) is 2. The lowest BCUT2D eigenvalue weighted by molar-refractivity contribution is 0.250. The van der Waals surface area contributed by atoms with Crippen molar-refractivity contribution in [2.75, 3.05) is 6.61 Å². The molecule has 0 unspecified atom stereocenters. The first kappa shape index (κ1) is 9.03. The molecule has 1 saturated carbocycles. The van der Waals surface area contributed by atoms with Gasteiger partial charge in [0.25, 0.3) is 0 Å². The van der Waals surface area contributed by atoms with E-state index in [1.807, 2.05) is 4.57 Å². The van der Waals surface area contributed by atoms with Gasteiger partial charge in [-0.3, -0.25) is 0 Å². The minimum absolute atomic E-state index is 0.0798. The molecule has 1 N–H and O–H groups in total. The zero-order valence-electron chi connectivity index (χ0n) is 7.63. The van der Waals surface area contributed by atoms with E-state index in [1.165, 1.54) is 0 Å². The minimum Gasteiger partial charge on any atom is -0.395 e. The molecule has 3 nitrogen and oxygen atoms in total. The van der Waals surface area contributed by atoms with Gasteiger partial charge in [-0.05, 0) is 19.8 Å². The highest BCUT2D eigenvalue weighted by Gasteiger charge is 2.47. The Morgan fingerprint density at radius 3 is 2.85 bits per heavy atom. The first-order valence-corrected chi connectivity index (χ1v) is 4.93. The average molecular weight is 201 g/mol. The summed E-state index contributed by atoms with van der Waals surface area (Å²) in [5.74, 6) is 0. The number of hydrogen-bond donors (Lipinski definition) is 1. The summed E-state index contributed by atoms with van der Waals surface area (Å²) in [5, 5.41) is 9.82. The van der Waals surface area contributed by atoms with Crippen LogP contribution in [0, 0.1) is 0 Å². The van der Waals surface area contributed by atoms with Gasteiger partial charge < -0.3 is 9.67 Å². The molecule has 1 aromatic heterocycles. The van der Waals surface area contributed by atoms with Crippen LogP contribution < -0.4 is 0 Å². The maximum atomic E-state index is 9.27. The third-order valence-corrected chi connectivity index (χ3v) is 3.07. The summed E-state index contributed by atoms with van der Waals surface area (Å²) >= 11 is 5.98. The van der Waals surface area contributed by atoms with Gasteiger partial charge in [-0.25, -0.2) is 4.98 Å². The highest BCUT2D eigenvalue weighted by Crippen LogP contribution is 2.49. The van der Waals surface area contributed by atoms with E-state index in [0.29, 0.717) is 5.15 Å². The minimum atomic E-state index is -0.0798. The van der Waals surface area contributed by atoms with E-state index in [0.717, 1.165) is 25.1 Å². The quantitative estimate of drug-likeness (QED) is 0.805. The number of aliphatic hydroxyl groups excluding tert-OH is 1. The summed E-state index contributed by atoms with van der Waals surface area (Å²) in [7, 11) is 0. The average Bonchev–Trinajstić information content (AvgIpc) is 2.85. The van der Waals surface area contributed by atoms with E-state index in [2.05, 4.69) is 11.9 Å². The number of halogens is 1. The van der Waals surface area contributed by atoms with Crippen LogP contribution >= 0.6 is 11.6 Å². The molecule has 1 aliphatic carbocycles. The molecule has 0 radical (unpaired) electrons.